The molecule has 0 spiro atoms. The predicted molar refractivity (Wildman–Crippen MR) is 115 cm³/mol. The molecule has 1 aliphatic rings. The highest BCUT2D eigenvalue weighted by Gasteiger charge is 2.26. The standard InChI is InChI=1S/C22H28N4OS/c27-14-10-20-17-25(16-19-8-9-21-22(15-19)24-28-23-21)12-13-26(20)11-4-7-18-5-2-1-3-6-18/h1-3,5-6,8-9,15,20,27H,4,7,10-14,16-17H2/t20-/m1/s1. The lowest BCUT2D eigenvalue weighted by molar-refractivity contribution is 0.0547. The van der Waals surface area contributed by atoms with Crippen molar-refractivity contribution < 1.29 is 5.11 Å². The summed E-state index contributed by atoms with van der Waals surface area (Å²) in [4.78, 5) is 5.08. The molecular weight excluding hydrogens is 368 g/mol. The lowest BCUT2D eigenvalue weighted by atomic mass is 10.1. The number of aryl methyl sites for hydroxylation is 1. The van der Waals surface area contributed by atoms with Crippen LogP contribution >= 0.6 is 11.7 Å². The van der Waals surface area contributed by atoms with Crippen LogP contribution in [0.2, 0.25) is 0 Å². The second-order valence-electron chi connectivity index (χ2n) is 7.61. The molecule has 0 unspecified atom stereocenters. The fourth-order valence-electron chi connectivity index (χ4n) is 4.13. The van der Waals surface area contributed by atoms with Crippen molar-refractivity contribution in [3.63, 3.8) is 0 Å². The third kappa shape index (κ3) is 4.94. The van der Waals surface area contributed by atoms with Crippen molar-refractivity contribution >= 4 is 22.8 Å². The zero-order valence-corrected chi connectivity index (χ0v) is 17.0. The smallest absolute Gasteiger partial charge is 0.105 e. The first kappa shape index (κ1) is 19.5. The molecule has 1 N–H and O–H groups in total. The summed E-state index contributed by atoms with van der Waals surface area (Å²) in [6.45, 7) is 5.45. The number of hydrogen-bond donors (Lipinski definition) is 1. The van der Waals surface area contributed by atoms with E-state index >= 15 is 0 Å². The second-order valence-corrected chi connectivity index (χ2v) is 8.14. The van der Waals surface area contributed by atoms with Crippen molar-refractivity contribution in [2.24, 2.45) is 0 Å². The van der Waals surface area contributed by atoms with E-state index < -0.39 is 0 Å². The maximum absolute atomic E-state index is 9.55. The summed E-state index contributed by atoms with van der Waals surface area (Å²) in [5, 5.41) is 9.55. The molecule has 2 heterocycles. The molecule has 0 bridgehead atoms. The van der Waals surface area contributed by atoms with Gasteiger partial charge in [-0.2, -0.15) is 8.75 Å². The molecule has 3 aromatic rings. The predicted octanol–water partition coefficient (Wildman–Crippen LogP) is 3.19. The van der Waals surface area contributed by atoms with Crippen LogP contribution in [0.5, 0.6) is 0 Å². The highest BCUT2D eigenvalue weighted by atomic mass is 32.1. The van der Waals surface area contributed by atoms with E-state index in [1.807, 2.05) is 0 Å². The Morgan fingerprint density at radius 2 is 1.86 bits per heavy atom. The number of piperazine rings is 1. The van der Waals surface area contributed by atoms with Gasteiger partial charge in [-0.1, -0.05) is 36.4 Å². The molecule has 0 radical (unpaired) electrons. The fraction of sp³-hybridized carbons (Fsp3) is 0.455. The van der Waals surface area contributed by atoms with Crippen molar-refractivity contribution in [1.29, 1.82) is 0 Å². The van der Waals surface area contributed by atoms with Crippen molar-refractivity contribution in [3.05, 3.63) is 59.7 Å². The van der Waals surface area contributed by atoms with Crippen LogP contribution in [0.4, 0.5) is 0 Å². The van der Waals surface area contributed by atoms with Crippen LogP contribution in [0.25, 0.3) is 11.0 Å². The van der Waals surface area contributed by atoms with Gasteiger partial charge < -0.3 is 5.11 Å². The van der Waals surface area contributed by atoms with Crippen LogP contribution in [-0.2, 0) is 13.0 Å². The van der Waals surface area contributed by atoms with Crippen LogP contribution in [0, 0.1) is 0 Å². The summed E-state index contributed by atoms with van der Waals surface area (Å²) in [5.41, 5.74) is 4.68. The van der Waals surface area contributed by atoms with E-state index in [0.717, 1.165) is 56.6 Å². The van der Waals surface area contributed by atoms with Crippen molar-refractivity contribution in [2.45, 2.75) is 31.8 Å². The normalized spacial score (nSPS) is 18.7. The van der Waals surface area contributed by atoms with Crippen LogP contribution in [0.1, 0.15) is 24.0 Å². The Hall–Kier alpha value is -1.86. The Bertz CT molecular complexity index is 869. The first-order chi connectivity index (χ1) is 13.8. The van der Waals surface area contributed by atoms with Gasteiger partial charge in [0.1, 0.15) is 11.0 Å². The molecule has 1 fully saturated rings. The monoisotopic (exact) mass is 396 g/mol. The molecule has 0 saturated carbocycles. The number of aliphatic hydroxyl groups excluding tert-OH is 1. The van der Waals surface area contributed by atoms with Crippen LogP contribution < -0.4 is 0 Å². The maximum atomic E-state index is 9.55. The summed E-state index contributed by atoms with van der Waals surface area (Å²) < 4.78 is 8.64. The number of fused-ring (bicyclic) bond motifs is 1. The minimum atomic E-state index is 0.254. The number of benzene rings is 2. The van der Waals surface area contributed by atoms with Gasteiger partial charge in [0, 0.05) is 38.8 Å². The van der Waals surface area contributed by atoms with E-state index in [-0.39, 0.29) is 6.61 Å². The van der Waals surface area contributed by atoms with E-state index in [2.05, 4.69) is 67.1 Å². The van der Waals surface area contributed by atoms with Crippen molar-refractivity contribution in [1.82, 2.24) is 18.5 Å². The Morgan fingerprint density at radius 3 is 2.71 bits per heavy atom. The maximum Gasteiger partial charge on any atom is 0.105 e. The molecule has 1 aromatic heterocycles. The Labute approximate surface area is 170 Å². The molecule has 4 rings (SSSR count). The first-order valence-corrected chi connectivity index (χ1v) is 10.9. The van der Waals surface area contributed by atoms with Gasteiger partial charge in [-0.3, -0.25) is 9.80 Å². The van der Waals surface area contributed by atoms with E-state index in [1.165, 1.54) is 29.3 Å². The highest BCUT2D eigenvalue weighted by molar-refractivity contribution is 7.00. The highest BCUT2D eigenvalue weighted by Crippen LogP contribution is 2.19. The molecule has 1 atom stereocenters. The van der Waals surface area contributed by atoms with E-state index in [4.69, 9.17) is 0 Å². The fourth-order valence-corrected chi connectivity index (χ4v) is 4.65. The molecule has 0 amide bonds. The lowest BCUT2D eigenvalue weighted by Gasteiger charge is -2.41. The molecule has 148 valence electrons. The topological polar surface area (TPSA) is 52.5 Å². The summed E-state index contributed by atoms with van der Waals surface area (Å²) >= 11 is 1.27. The van der Waals surface area contributed by atoms with Crippen LogP contribution in [-0.4, -0.2) is 62.5 Å². The van der Waals surface area contributed by atoms with Gasteiger partial charge in [0.15, 0.2) is 0 Å². The summed E-state index contributed by atoms with van der Waals surface area (Å²) in [5.74, 6) is 0. The Balaban J connectivity index is 1.31. The van der Waals surface area contributed by atoms with Gasteiger partial charge in [0.25, 0.3) is 0 Å². The number of nitrogens with zero attached hydrogens (tertiary/aromatic N) is 4. The number of rotatable bonds is 8. The average Bonchev–Trinajstić information content (AvgIpc) is 3.18. The number of aliphatic hydroxyl groups is 1. The summed E-state index contributed by atoms with van der Waals surface area (Å²) in [6, 6.07) is 17.5. The van der Waals surface area contributed by atoms with Crippen molar-refractivity contribution in [3.8, 4) is 0 Å². The zero-order valence-electron chi connectivity index (χ0n) is 16.2. The van der Waals surface area contributed by atoms with Crippen molar-refractivity contribution in [2.75, 3.05) is 32.8 Å². The minimum Gasteiger partial charge on any atom is -0.396 e. The molecule has 1 saturated heterocycles. The zero-order chi connectivity index (χ0) is 19.2. The van der Waals surface area contributed by atoms with E-state index in [1.54, 1.807) is 0 Å². The van der Waals surface area contributed by atoms with Gasteiger partial charge in [0.2, 0.25) is 0 Å². The third-order valence-electron chi connectivity index (χ3n) is 5.63. The molecule has 5 nitrogen and oxygen atoms in total. The number of hydrogen-bond acceptors (Lipinski definition) is 6. The molecule has 28 heavy (non-hydrogen) atoms. The summed E-state index contributed by atoms with van der Waals surface area (Å²) in [7, 11) is 0. The van der Waals surface area contributed by atoms with Gasteiger partial charge in [-0.05, 0) is 49.1 Å². The SMILES string of the molecule is OCC[C@@H]1CN(Cc2ccc3nsnc3c2)CCN1CCCc1ccccc1. The molecule has 2 aromatic carbocycles. The average molecular weight is 397 g/mol. The first-order valence-electron chi connectivity index (χ1n) is 10.1. The second kappa shape index (κ2) is 9.56. The molecule has 1 aliphatic heterocycles. The molecular formula is C22H28N4OS. The van der Waals surface area contributed by atoms with Gasteiger partial charge in [0.05, 0.1) is 11.7 Å². The quantitative estimate of drug-likeness (QED) is 0.634. The minimum absolute atomic E-state index is 0.254. The van der Waals surface area contributed by atoms with Gasteiger partial charge in [-0.25, -0.2) is 0 Å². The lowest BCUT2D eigenvalue weighted by Crippen LogP contribution is -2.53. The van der Waals surface area contributed by atoms with Crippen LogP contribution in [0.3, 0.4) is 0 Å². The van der Waals surface area contributed by atoms with E-state index in [0.29, 0.717) is 6.04 Å². The Kier molecular flexibility index (Phi) is 6.65. The number of aromatic nitrogens is 2. The van der Waals surface area contributed by atoms with Gasteiger partial charge in [-0.15, -0.1) is 0 Å². The third-order valence-corrected chi connectivity index (χ3v) is 6.19. The van der Waals surface area contributed by atoms with Gasteiger partial charge >= 0.3 is 0 Å². The largest absolute Gasteiger partial charge is 0.396 e. The Morgan fingerprint density at radius 1 is 1.00 bits per heavy atom. The molecule has 0 aliphatic carbocycles. The molecule has 6 heteroatoms. The van der Waals surface area contributed by atoms with E-state index in [9.17, 15) is 5.11 Å². The van der Waals surface area contributed by atoms with Crippen LogP contribution in [0.15, 0.2) is 48.5 Å². The summed E-state index contributed by atoms with van der Waals surface area (Å²) in [6.07, 6.45) is 3.13.